The van der Waals surface area contributed by atoms with E-state index in [9.17, 15) is 4.79 Å². The van der Waals surface area contributed by atoms with Crippen molar-refractivity contribution < 1.29 is 14.6 Å². The highest BCUT2D eigenvalue weighted by molar-refractivity contribution is 5.89. The molecular formula is C12H15NO3. The Morgan fingerprint density at radius 2 is 2.25 bits per heavy atom. The van der Waals surface area contributed by atoms with Gasteiger partial charge in [0.05, 0.1) is 6.61 Å². The van der Waals surface area contributed by atoms with Gasteiger partial charge in [0.1, 0.15) is 0 Å². The van der Waals surface area contributed by atoms with Gasteiger partial charge < -0.3 is 9.84 Å². The summed E-state index contributed by atoms with van der Waals surface area (Å²) < 4.78 is 5.45. The molecule has 0 atom stereocenters. The maximum absolute atomic E-state index is 11.0. The Balaban J connectivity index is 2.52. The van der Waals surface area contributed by atoms with Crippen LogP contribution in [-0.2, 0) is 12.8 Å². The molecule has 0 aromatic carbocycles. The summed E-state index contributed by atoms with van der Waals surface area (Å²) >= 11 is 0. The largest absolute Gasteiger partial charge is 0.491 e. The predicted octanol–water partition coefficient (Wildman–Crippen LogP) is 2.06. The number of carboxylic acids is 1. The van der Waals surface area contributed by atoms with E-state index in [4.69, 9.17) is 9.84 Å². The zero-order valence-electron chi connectivity index (χ0n) is 9.32. The van der Waals surface area contributed by atoms with Gasteiger partial charge in [-0.1, -0.05) is 0 Å². The fraction of sp³-hybridized carbons (Fsp3) is 0.500. The minimum absolute atomic E-state index is 0.0440. The summed E-state index contributed by atoms with van der Waals surface area (Å²) in [6.45, 7) is 2.33. The van der Waals surface area contributed by atoms with Crippen LogP contribution in [0.2, 0.25) is 0 Å². The molecule has 1 aromatic rings. The molecule has 1 aromatic heterocycles. The van der Waals surface area contributed by atoms with Crippen LogP contribution in [-0.4, -0.2) is 22.7 Å². The van der Waals surface area contributed by atoms with Crippen molar-refractivity contribution in [1.29, 1.82) is 0 Å². The third-order valence-electron chi connectivity index (χ3n) is 2.84. The number of pyridine rings is 1. The summed E-state index contributed by atoms with van der Waals surface area (Å²) in [6.07, 6.45) is 5.79. The molecule has 0 aliphatic heterocycles. The number of nitrogens with zero attached hydrogens (tertiary/aromatic N) is 1. The molecule has 1 N–H and O–H groups in total. The van der Waals surface area contributed by atoms with Gasteiger partial charge in [0.25, 0.3) is 0 Å². The standard InChI is InChI=1S/C12H15NO3/c1-2-16-11-9-6-4-3-5-8(9)7-13-10(11)12(14)15/h7H,2-6H2,1H3,(H,14,15). The molecule has 1 aliphatic rings. The quantitative estimate of drug-likeness (QED) is 0.848. The molecule has 0 radical (unpaired) electrons. The summed E-state index contributed by atoms with van der Waals surface area (Å²) in [4.78, 5) is 15.0. The predicted molar refractivity (Wildman–Crippen MR) is 59.0 cm³/mol. The maximum Gasteiger partial charge on any atom is 0.358 e. The van der Waals surface area contributed by atoms with Gasteiger partial charge in [-0.15, -0.1) is 0 Å². The molecule has 0 amide bonds. The van der Waals surface area contributed by atoms with Gasteiger partial charge in [-0.2, -0.15) is 0 Å². The Morgan fingerprint density at radius 1 is 1.50 bits per heavy atom. The first-order chi connectivity index (χ1) is 7.74. The van der Waals surface area contributed by atoms with E-state index in [0.29, 0.717) is 12.4 Å². The first-order valence-electron chi connectivity index (χ1n) is 5.61. The van der Waals surface area contributed by atoms with E-state index in [1.807, 2.05) is 6.92 Å². The lowest BCUT2D eigenvalue weighted by molar-refractivity contribution is 0.0685. The van der Waals surface area contributed by atoms with Crippen LogP contribution < -0.4 is 4.74 Å². The molecule has 0 saturated heterocycles. The highest BCUT2D eigenvalue weighted by Crippen LogP contribution is 2.31. The Bertz CT molecular complexity index is 415. The van der Waals surface area contributed by atoms with Crippen LogP contribution in [0.15, 0.2) is 6.20 Å². The molecule has 1 aliphatic carbocycles. The van der Waals surface area contributed by atoms with Crippen molar-refractivity contribution in [3.05, 3.63) is 23.0 Å². The molecule has 1 heterocycles. The van der Waals surface area contributed by atoms with Gasteiger partial charge in [0, 0.05) is 11.8 Å². The van der Waals surface area contributed by atoms with Crippen LogP contribution in [0.1, 0.15) is 41.4 Å². The van der Waals surface area contributed by atoms with Crippen LogP contribution >= 0.6 is 0 Å². The third kappa shape index (κ3) is 1.87. The normalized spacial score (nSPS) is 14.3. The van der Waals surface area contributed by atoms with Crippen molar-refractivity contribution >= 4 is 5.97 Å². The molecule has 0 spiro atoms. The molecule has 0 saturated carbocycles. The Morgan fingerprint density at radius 3 is 2.94 bits per heavy atom. The molecule has 2 rings (SSSR count). The number of carboxylic acid groups (broad SMARTS) is 1. The highest BCUT2D eigenvalue weighted by atomic mass is 16.5. The van der Waals surface area contributed by atoms with Crippen LogP contribution in [0.3, 0.4) is 0 Å². The minimum Gasteiger partial charge on any atom is -0.491 e. The second-order valence-corrected chi connectivity index (χ2v) is 3.88. The molecule has 0 bridgehead atoms. The average Bonchev–Trinajstić information content (AvgIpc) is 2.29. The molecule has 4 nitrogen and oxygen atoms in total. The first-order valence-corrected chi connectivity index (χ1v) is 5.61. The number of hydrogen-bond acceptors (Lipinski definition) is 3. The minimum atomic E-state index is -1.02. The summed E-state index contributed by atoms with van der Waals surface area (Å²) in [7, 11) is 0. The average molecular weight is 221 g/mol. The van der Waals surface area contributed by atoms with Gasteiger partial charge in [0.2, 0.25) is 0 Å². The van der Waals surface area contributed by atoms with Crippen LogP contribution in [0.5, 0.6) is 5.75 Å². The van der Waals surface area contributed by atoms with Crippen molar-refractivity contribution in [3.8, 4) is 5.75 Å². The van der Waals surface area contributed by atoms with Crippen LogP contribution in [0.25, 0.3) is 0 Å². The molecular weight excluding hydrogens is 206 g/mol. The van der Waals surface area contributed by atoms with Gasteiger partial charge in [-0.25, -0.2) is 9.78 Å². The number of carbonyl (C=O) groups is 1. The van der Waals surface area contributed by atoms with E-state index < -0.39 is 5.97 Å². The lowest BCUT2D eigenvalue weighted by Crippen LogP contribution is -2.13. The molecule has 0 fully saturated rings. The van der Waals surface area contributed by atoms with Crippen molar-refractivity contribution in [1.82, 2.24) is 4.98 Å². The van der Waals surface area contributed by atoms with E-state index in [1.165, 1.54) is 0 Å². The first kappa shape index (κ1) is 10.9. The summed E-state index contributed by atoms with van der Waals surface area (Å²) in [6, 6.07) is 0. The van der Waals surface area contributed by atoms with E-state index in [2.05, 4.69) is 4.98 Å². The number of aromatic carboxylic acids is 1. The number of hydrogen-bond donors (Lipinski definition) is 1. The van der Waals surface area contributed by atoms with Gasteiger partial charge in [-0.3, -0.25) is 0 Å². The van der Waals surface area contributed by atoms with Gasteiger partial charge >= 0.3 is 5.97 Å². The van der Waals surface area contributed by atoms with Crippen LogP contribution in [0.4, 0.5) is 0 Å². The lowest BCUT2D eigenvalue weighted by Gasteiger charge is -2.19. The second-order valence-electron chi connectivity index (χ2n) is 3.88. The number of aromatic nitrogens is 1. The Kier molecular flexibility index (Phi) is 3.08. The second kappa shape index (κ2) is 4.51. The van der Waals surface area contributed by atoms with Gasteiger partial charge in [-0.05, 0) is 38.2 Å². The summed E-state index contributed by atoms with van der Waals surface area (Å²) in [5, 5.41) is 9.05. The Hall–Kier alpha value is -1.58. The fourth-order valence-corrected chi connectivity index (χ4v) is 2.13. The number of aryl methyl sites for hydroxylation is 1. The van der Waals surface area contributed by atoms with Crippen molar-refractivity contribution in [3.63, 3.8) is 0 Å². The highest BCUT2D eigenvalue weighted by Gasteiger charge is 2.22. The van der Waals surface area contributed by atoms with Crippen molar-refractivity contribution in [2.24, 2.45) is 0 Å². The monoisotopic (exact) mass is 221 g/mol. The SMILES string of the molecule is CCOc1c(C(=O)O)ncc2c1CCCC2. The van der Waals surface area contributed by atoms with E-state index in [0.717, 1.165) is 36.8 Å². The Labute approximate surface area is 94.3 Å². The van der Waals surface area contributed by atoms with Gasteiger partial charge in [0.15, 0.2) is 11.4 Å². The topological polar surface area (TPSA) is 59.4 Å². The van der Waals surface area contributed by atoms with E-state index in [-0.39, 0.29) is 5.69 Å². The van der Waals surface area contributed by atoms with E-state index in [1.54, 1.807) is 6.20 Å². The summed E-state index contributed by atoms with van der Waals surface area (Å²) in [5.74, 6) is -0.538. The zero-order valence-corrected chi connectivity index (χ0v) is 9.32. The zero-order chi connectivity index (χ0) is 11.5. The molecule has 86 valence electrons. The molecule has 0 unspecified atom stereocenters. The molecule has 4 heteroatoms. The van der Waals surface area contributed by atoms with Crippen LogP contribution in [0, 0.1) is 0 Å². The number of ether oxygens (including phenoxy) is 1. The lowest BCUT2D eigenvalue weighted by atomic mass is 9.92. The molecule has 16 heavy (non-hydrogen) atoms. The number of rotatable bonds is 3. The van der Waals surface area contributed by atoms with E-state index >= 15 is 0 Å². The smallest absolute Gasteiger partial charge is 0.358 e. The van der Waals surface area contributed by atoms with Crippen molar-refractivity contribution in [2.75, 3.05) is 6.61 Å². The summed E-state index contributed by atoms with van der Waals surface area (Å²) in [5.41, 5.74) is 2.22. The number of fused-ring (bicyclic) bond motifs is 1. The maximum atomic E-state index is 11.0. The fourth-order valence-electron chi connectivity index (χ4n) is 2.13. The third-order valence-corrected chi connectivity index (χ3v) is 2.84. The van der Waals surface area contributed by atoms with Crippen molar-refractivity contribution in [2.45, 2.75) is 32.6 Å².